The van der Waals surface area contributed by atoms with Crippen molar-refractivity contribution in [2.24, 2.45) is 0 Å². The maximum absolute atomic E-state index is 12.8. The Hall–Kier alpha value is -5.90. The van der Waals surface area contributed by atoms with Gasteiger partial charge in [0.25, 0.3) is 11.8 Å². The predicted octanol–water partition coefficient (Wildman–Crippen LogP) is 4.94. The first-order valence-electron chi connectivity index (χ1n) is 16.0. The molecular weight excluding hydrogens is 624 g/mol. The van der Waals surface area contributed by atoms with Crippen LogP contribution in [0.15, 0.2) is 109 Å². The lowest BCUT2D eigenvalue weighted by Crippen LogP contribution is -2.49. The Labute approximate surface area is 284 Å². The number of hydrogen-bond donors (Lipinski definition) is 1. The van der Waals surface area contributed by atoms with Gasteiger partial charge in [0.15, 0.2) is 11.6 Å². The number of Topliss-reactive ketones (excluding diaryl/α,β-unsaturated/α-hetero) is 4. The van der Waals surface area contributed by atoms with Gasteiger partial charge in [0, 0.05) is 30.3 Å². The van der Waals surface area contributed by atoms with Crippen molar-refractivity contribution < 1.29 is 38.2 Å². The normalized spacial score (nSPS) is 12.9. The van der Waals surface area contributed by atoms with E-state index in [1.165, 1.54) is 11.0 Å². The van der Waals surface area contributed by atoms with Crippen LogP contribution < -0.4 is 14.8 Å². The minimum atomic E-state index is -0.883. The van der Waals surface area contributed by atoms with Crippen LogP contribution in [0.2, 0.25) is 0 Å². The van der Waals surface area contributed by atoms with Gasteiger partial charge in [-0.05, 0) is 48.2 Å². The zero-order valence-electron chi connectivity index (χ0n) is 26.8. The highest BCUT2D eigenvalue weighted by Crippen LogP contribution is 2.19. The minimum absolute atomic E-state index is 0.162. The molecule has 0 aromatic heterocycles. The summed E-state index contributed by atoms with van der Waals surface area (Å²) < 4.78 is 11.5. The SMILES string of the molecule is O=C(CC(=O)c1cccc(OCc2ccccc2)c1)C(=O)NC1CCN(C(=O)C(=O)CC(=O)c2cccc(OCc3ccccc3)c2)CC1. The highest BCUT2D eigenvalue weighted by atomic mass is 16.5. The highest BCUT2D eigenvalue weighted by Gasteiger charge is 2.30. The fourth-order valence-electron chi connectivity index (χ4n) is 5.32. The Bertz CT molecular complexity index is 1820. The molecule has 1 heterocycles. The van der Waals surface area contributed by atoms with E-state index in [0.717, 1.165) is 11.1 Å². The number of likely N-dealkylation sites (tertiary alicyclic amines) is 1. The van der Waals surface area contributed by atoms with Gasteiger partial charge in [-0.25, -0.2) is 0 Å². The lowest BCUT2D eigenvalue weighted by Gasteiger charge is -2.31. The molecule has 4 aromatic rings. The van der Waals surface area contributed by atoms with Crippen molar-refractivity contribution >= 4 is 34.9 Å². The third-order valence-corrected chi connectivity index (χ3v) is 8.06. The average Bonchev–Trinajstić information content (AvgIpc) is 3.14. The highest BCUT2D eigenvalue weighted by molar-refractivity contribution is 6.41. The van der Waals surface area contributed by atoms with Crippen LogP contribution in [-0.2, 0) is 32.4 Å². The quantitative estimate of drug-likeness (QED) is 0.108. The molecule has 1 aliphatic heterocycles. The van der Waals surface area contributed by atoms with Gasteiger partial charge in [0.1, 0.15) is 24.7 Å². The van der Waals surface area contributed by atoms with Crippen LogP contribution in [0.25, 0.3) is 0 Å². The third-order valence-electron chi connectivity index (χ3n) is 8.06. The number of carbonyl (C=O) groups excluding carboxylic acids is 6. The van der Waals surface area contributed by atoms with Crippen molar-refractivity contribution in [1.29, 1.82) is 0 Å². The number of nitrogens with zero attached hydrogens (tertiary/aromatic N) is 1. The van der Waals surface area contributed by atoms with Crippen molar-refractivity contribution in [3.63, 3.8) is 0 Å². The Morgan fingerprint density at radius 1 is 0.592 bits per heavy atom. The number of hydrogen-bond acceptors (Lipinski definition) is 8. The minimum Gasteiger partial charge on any atom is -0.489 e. The zero-order valence-corrected chi connectivity index (χ0v) is 26.8. The number of amides is 2. The summed E-state index contributed by atoms with van der Waals surface area (Å²) >= 11 is 0. The van der Waals surface area contributed by atoms with E-state index in [1.807, 2.05) is 60.7 Å². The van der Waals surface area contributed by atoms with Crippen molar-refractivity contribution in [2.75, 3.05) is 13.1 Å². The Morgan fingerprint density at radius 3 is 1.55 bits per heavy atom. The van der Waals surface area contributed by atoms with Crippen molar-refractivity contribution in [2.45, 2.75) is 44.9 Å². The third kappa shape index (κ3) is 10.0. The molecule has 0 saturated carbocycles. The lowest BCUT2D eigenvalue weighted by molar-refractivity contribution is -0.145. The van der Waals surface area contributed by atoms with Crippen molar-refractivity contribution in [1.82, 2.24) is 10.2 Å². The average molecular weight is 661 g/mol. The van der Waals surface area contributed by atoms with E-state index in [-0.39, 0.29) is 24.2 Å². The second-order valence-electron chi connectivity index (χ2n) is 11.7. The smallest absolute Gasteiger partial charge is 0.290 e. The number of carbonyl (C=O) groups is 6. The van der Waals surface area contributed by atoms with Gasteiger partial charge in [-0.2, -0.15) is 0 Å². The van der Waals surface area contributed by atoms with Crippen LogP contribution in [0, 0.1) is 0 Å². The summed E-state index contributed by atoms with van der Waals surface area (Å²) in [5.41, 5.74) is 2.45. The van der Waals surface area contributed by atoms with Crippen LogP contribution in [0.4, 0.5) is 0 Å². The van der Waals surface area contributed by atoms with E-state index in [4.69, 9.17) is 9.47 Å². The molecule has 1 N–H and O–H groups in total. The summed E-state index contributed by atoms with van der Waals surface area (Å²) in [5.74, 6) is -3.42. The first kappa shape index (κ1) is 34.4. The molecule has 5 rings (SSSR count). The molecule has 0 spiro atoms. The number of nitrogens with one attached hydrogen (secondary N) is 1. The second kappa shape index (κ2) is 16.8. The Morgan fingerprint density at radius 2 is 1.06 bits per heavy atom. The van der Waals surface area contributed by atoms with Crippen LogP contribution in [0.1, 0.15) is 57.5 Å². The molecule has 4 aromatic carbocycles. The zero-order chi connectivity index (χ0) is 34.6. The maximum atomic E-state index is 12.8. The monoisotopic (exact) mass is 660 g/mol. The molecule has 0 unspecified atom stereocenters. The van der Waals surface area contributed by atoms with E-state index in [0.29, 0.717) is 37.6 Å². The Balaban J connectivity index is 1.03. The molecule has 0 bridgehead atoms. The van der Waals surface area contributed by atoms with Crippen molar-refractivity contribution in [3.05, 3.63) is 131 Å². The van der Waals surface area contributed by atoms with Gasteiger partial charge in [0.2, 0.25) is 11.6 Å². The molecule has 10 nitrogen and oxygen atoms in total. The van der Waals surface area contributed by atoms with Gasteiger partial charge >= 0.3 is 0 Å². The molecule has 0 radical (unpaired) electrons. The summed E-state index contributed by atoms with van der Waals surface area (Å²) in [5, 5.41) is 2.64. The summed E-state index contributed by atoms with van der Waals surface area (Å²) in [6, 6.07) is 31.6. The van der Waals surface area contributed by atoms with Crippen LogP contribution in [0.3, 0.4) is 0 Å². The molecule has 49 heavy (non-hydrogen) atoms. The number of piperidine rings is 1. The largest absolute Gasteiger partial charge is 0.489 e. The summed E-state index contributed by atoms with van der Waals surface area (Å²) in [4.78, 5) is 77.7. The molecule has 250 valence electrons. The van der Waals surface area contributed by atoms with Crippen LogP contribution in [-0.4, -0.2) is 59.0 Å². The number of ketones is 4. The first-order valence-corrected chi connectivity index (χ1v) is 16.0. The second-order valence-corrected chi connectivity index (χ2v) is 11.7. The standard InChI is InChI=1S/C39H36N2O8/c42-34(29-13-7-15-32(21-29)48-25-27-9-3-1-4-10-27)23-36(44)38(46)40-31-17-19-41(20-18-31)39(47)37(45)24-35(43)30-14-8-16-33(22-30)49-26-28-11-5-2-6-12-28/h1-16,21-22,31H,17-20,23-26H2,(H,40,46). The maximum Gasteiger partial charge on any atom is 0.290 e. The summed E-state index contributed by atoms with van der Waals surface area (Å²) in [6.45, 7) is 0.959. The summed E-state index contributed by atoms with van der Waals surface area (Å²) in [7, 11) is 0. The van der Waals surface area contributed by atoms with Gasteiger partial charge in [-0.1, -0.05) is 84.9 Å². The first-order chi connectivity index (χ1) is 23.7. The number of rotatable bonds is 15. The molecule has 0 aliphatic carbocycles. The lowest BCUT2D eigenvalue weighted by atomic mass is 10.0. The molecule has 10 heteroatoms. The Kier molecular flexibility index (Phi) is 11.8. The molecule has 1 saturated heterocycles. The van der Waals surface area contributed by atoms with Gasteiger partial charge in [-0.3, -0.25) is 28.8 Å². The predicted molar refractivity (Wildman–Crippen MR) is 180 cm³/mol. The topological polar surface area (TPSA) is 136 Å². The van der Waals surface area contributed by atoms with E-state index < -0.39 is 53.8 Å². The fourth-order valence-corrected chi connectivity index (χ4v) is 5.32. The van der Waals surface area contributed by atoms with Crippen LogP contribution >= 0.6 is 0 Å². The van der Waals surface area contributed by atoms with Gasteiger partial charge < -0.3 is 19.7 Å². The van der Waals surface area contributed by atoms with Crippen molar-refractivity contribution in [3.8, 4) is 11.5 Å². The number of ether oxygens (including phenoxy) is 2. The van der Waals surface area contributed by atoms with Gasteiger partial charge in [0.05, 0.1) is 12.8 Å². The molecule has 0 atom stereocenters. The van der Waals surface area contributed by atoms with Crippen LogP contribution in [0.5, 0.6) is 11.5 Å². The molecule has 2 amide bonds. The van der Waals surface area contributed by atoms with Gasteiger partial charge in [-0.15, -0.1) is 0 Å². The van der Waals surface area contributed by atoms with E-state index in [1.54, 1.807) is 42.5 Å². The number of benzene rings is 4. The molecule has 1 fully saturated rings. The van der Waals surface area contributed by atoms with E-state index in [9.17, 15) is 28.8 Å². The van der Waals surface area contributed by atoms with E-state index in [2.05, 4.69) is 5.32 Å². The molecular formula is C39H36N2O8. The summed E-state index contributed by atoms with van der Waals surface area (Å²) in [6.07, 6.45) is -0.568. The fraction of sp³-hybridized carbons (Fsp3) is 0.231. The van der Waals surface area contributed by atoms with E-state index >= 15 is 0 Å². The molecule has 1 aliphatic rings.